The Balaban J connectivity index is 1.35. The molecule has 5 nitrogen and oxygen atoms in total. The van der Waals surface area contributed by atoms with Crippen molar-refractivity contribution in [2.45, 2.75) is 51.9 Å². The first-order chi connectivity index (χ1) is 13.7. The molecule has 0 radical (unpaired) electrons. The Labute approximate surface area is 166 Å². The summed E-state index contributed by atoms with van der Waals surface area (Å²) in [6.45, 7) is 7.55. The van der Waals surface area contributed by atoms with Crippen molar-refractivity contribution in [1.82, 2.24) is 14.9 Å². The number of benzene rings is 2. The highest BCUT2D eigenvalue weighted by Crippen LogP contribution is 2.21. The number of rotatable bonds is 8. The summed E-state index contributed by atoms with van der Waals surface area (Å²) in [5.74, 6) is 1.99. The zero-order chi connectivity index (χ0) is 19.3. The van der Waals surface area contributed by atoms with Gasteiger partial charge in [-0.25, -0.2) is 4.98 Å². The zero-order valence-corrected chi connectivity index (χ0v) is 16.7. The fourth-order valence-electron chi connectivity index (χ4n) is 3.79. The van der Waals surface area contributed by atoms with Crippen LogP contribution in [0.15, 0.2) is 48.5 Å². The summed E-state index contributed by atoms with van der Waals surface area (Å²) in [6, 6.07) is 16.8. The van der Waals surface area contributed by atoms with Crippen LogP contribution in [0.4, 0.5) is 0 Å². The van der Waals surface area contributed by atoms with Crippen LogP contribution in [0.1, 0.15) is 44.1 Å². The van der Waals surface area contributed by atoms with Crippen LogP contribution in [0, 0.1) is 0 Å². The molecule has 2 heterocycles. The maximum atomic E-state index is 5.85. The van der Waals surface area contributed by atoms with Gasteiger partial charge in [0.25, 0.3) is 0 Å². The molecule has 2 aromatic carbocycles. The minimum atomic E-state index is 0.169. The molecule has 148 valence electrons. The van der Waals surface area contributed by atoms with Gasteiger partial charge in [0.1, 0.15) is 18.2 Å². The Hall–Kier alpha value is -2.37. The third-order valence-electron chi connectivity index (χ3n) is 5.38. The van der Waals surface area contributed by atoms with Gasteiger partial charge in [-0.3, -0.25) is 0 Å². The largest absolute Gasteiger partial charge is 0.491 e. The van der Waals surface area contributed by atoms with Gasteiger partial charge in [0.2, 0.25) is 0 Å². The summed E-state index contributed by atoms with van der Waals surface area (Å²) in [5.41, 5.74) is 3.48. The van der Waals surface area contributed by atoms with E-state index in [9.17, 15) is 0 Å². The highest BCUT2D eigenvalue weighted by molar-refractivity contribution is 5.76. The van der Waals surface area contributed by atoms with Gasteiger partial charge in [0, 0.05) is 19.7 Å². The molecule has 1 aliphatic rings. The van der Waals surface area contributed by atoms with E-state index in [1.54, 1.807) is 0 Å². The summed E-state index contributed by atoms with van der Waals surface area (Å²) < 4.78 is 13.7. The standard InChI is InChI=1S/C23H29N3O2/c1-3-26-22-9-5-4-8-21(22)25-23(26)17(2)24-15-18-10-12-19(13-11-18)28-16-20-7-6-14-27-20/h4-5,8-13,17,20,24H,3,6-7,14-16H2,1-2H3. The highest BCUT2D eigenvalue weighted by atomic mass is 16.5. The number of ether oxygens (including phenoxy) is 2. The highest BCUT2D eigenvalue weighted by Gasteiger charge is 2.16. The number of aromatic nitrogens is 2. The molecule has 1 saturated heterocycles. The third kappa shape index (κ3) is 4.21. The van der Waals surface area contributed by atoms with E-state index in [0.29, 0.717) is 6.61 Å². The van der Waals surface area contributed by atoms with Crippen molar-refractivity contribution >= 4 is 11.0 Å². The molecule has 2 unspecified atom stereocenters. The molecule has 1 aliphatic heterocycles. The second kappa shape index (κ2) is 8.76. The fourth-order valence-corrected chi connectivity index (χ4v) is 3.79. The van der Waals surface area contributed by atoms with Gasteiger partial charge in [-0.05, 0) is 56.5 Å². The van der Waals surface area contributed by atoms with E-state index in [2.05, 4.69) is 54.1 Å². The Kier molecular flexibility index (Phi) is 5.93. The van der Waals surface area contributed by atoms with Crippen LogP contribution in [0.3, 0.4) is 0 Å². The number of aryl methyl sites for hydroxylation is 1. The second-order valence-electron chi connectivity index (χ2n) is 7.40. The normalized spacial score (nSPS) is 17.9. The van der Waals surface area contributed by atoms with Crippen LogP contribution in [0.5, 0.6) is 5.75 Å². The molecule has 0 bridgehead atoms. The van der Waals surface area contributed by atoms with Crippen molar-refractivity contribution in [2.24, 2.45) is 0 Å². The van der Waals surface area contributed by atoms with E-state index in [4.69, 9.17) is 14.5 Å². The lowest BCUT2D eigenvalue weighted by Gasteiger charge is -2.16. The molecule has 1 N–H and O–H groups in total. The van der Waals surface area contributed by atoms with E-state index in [0.717, 1.165) is 49.6 Å². The molecule has 0 saturated carbocycles. The molecule has 2 atom stereocenters. The Morgan fingerprint density at radius 1 is 1.21 bits per heavy atom. The second-order valence-corrected chi connectivity index (χ2v) is 7.40. The molecule has 4 rings (SSSR count). The molecular formula is C23H29N3O2. The number of para-hydroxylation sites is 2. The van der Waals surface area contributed by atoms with E-state index in [-0.39, 0.29) is 12.1 Å². The Morgan fingerprint density at radius 3 is 2.79 bits per heavy atom. The lowest BCUT2D eigenvalue weighted by atomic mass is 10.2. The third-order valence-corrected chi connectivity index (χ3v) is 5.38. The van der Waals surface area contributed by atoms with Gasteiger partial charge in [-0.15, -0.1) is 0 Å². The number of imidazole rings is 1. The van der Waals surface area contributed by atoms with Crippen LogP contribution in [0.2, 0.25) is 0 Å². The molecule has 1 fully saturated rings. The number of nitrogens with one attached hydrogen (secondary N) is 1. The SMILES string of the molecule is CCn1c(C(C)NCc2ccc(OCC3CCCO3)cc2)nc2ccccc21. The van der Waals surface area contributed by atoms with Gasteiger partial charge in [0.15, 0.2) is 0 Å². The lowest BCUT2D eigenvalue weighted by Crippen LogP contribution is -2.21. The predicted octanol–water partition coefficient (Wildman–Crippen LogP) is 4.46. The lowest BCUT2D eigenvalue weighted by molar-refractivity contribution is 0.0679. The van der Waals surface area contributed by atoms with Crippen LogP contribution < -0.4 is 10.1 Å². The maximum Gasteiger partial charge on any atom is 0.126 e. The molecular weight excluding hydrogens is 350 g/mol. The summed E-state index contributed by atoms with van der Waals surface area (Å²) in [7, 11) is 0. The first-order valence-corrected chi connectivity index (χ1v) is 10.3. The summed E-state index contributed by atoms with van der Waals surface area (Å²) >= 11 is 0. The molecule has 28 heavy (non-hydrogen) atoms. The molecule has 0 spiro atoms. The summed E-state index contributed by atoms with van der Waals surface area (Å²) in [4.78, 5) is 4.84. The van der Waals surface area contributed by atoms with Gasteiger partial charge >= 0.3 is 0 Å². The van der Waals surface area contributed by atoms with E-state index in [1.807, 2.05) is 18.2 Å². The maximum absolute atomic E-state index is 5.85. The Morgan fingerprint density at radius 2 is 2.04 bits per heavy atom. The van der Waals surface area contributed by atoms with Gasteiger partial charge in [-0.2, -0.15) is 0 Å². The zero-order valence-electron chi connectivity index (χ0n) is 16.7. The average molecular weight is 380 g/mol. The van der Waals surface area contributed by atoms with Crippen molar-refractivity contribution in [3.05, 3.63) is 59.9 Å². The molecule has 5 heteroatoms. The quantitative estimate of drug-likeness (QED) is 0.628. The van der Waals surface area contributed by atoms with Crippen molar-refractivity contribution < 1.29 is 9.47 Å². The topological polar surface area (TPSA) is 48.3 Å². The van der Waals surface area contributed by atoms with E-state index >= 15 is 0 Å². The van der Waals surface area contributed by atoms with Crippen LogP contribution in [0.25, 0.3) is 11.0 Å². The van der Waals surface area contributed by atoms with Crippen molar-refractivity contribution in [3.63, 3.8) is 0 Å². The molecule has 0 aliphatic carbocycles. The molecule has 0 amide bonds. The van der Waals surface area contributed by atoms with Crippen LogP contribution >= 0.6 is 0 Å². The first kappa shape index (κ1) is 19.0. The van der Waals surface area contributed by atoms with E-state index in [1.165, 1.54) is 11.1 Å². The Bertz CT molecular complexity index is 898. The summed E-state index contributed by atoms with van der Waals surface area (Å²) in [5, 5.41) is 3.60. The summed E-state index contributed by atoms with van der Waals surface area (Å²) in [6.07, 6.45) is 2.49. The first-order valence-electron chi connectivity index (χ1n) is 10.3. The van der Waals surface area contributed by atoms with Gasteiger partial charge < -0.3 is 19.4 Å². The number of nitrogens with zero attached hydrogens (tertiary/aromatic N) is 2. The van der Waals surface area contributed by atoms with Gasteiger partial charge in [0.05, 0.1) is 23.2 Å². The van der Waals surface area contributed by atoms with E-state index < -0.39 is 0 Å². The number of fused-ring (bicyclic) bond motifs is 1. The molecule has 3 aromatic rings. The van der Waals surface area contributed by atoms with Crippen molar-refractivity contribution in [2.75, 3.05) is 13.2 Å². The monoisotopic (exact) mass is 379 g/mol. The van der Waals surface area contributed by atoms with Crippen LogP contribution in [-0.4, -0.2) is 28.9 Å². The van der Waals surface area contributed by atoms with Crippen molar-refractivity contribution in [3.8, 4) is 5.75 Å². The van der Waals surface area contributed by atoms with Crippen LogP contribution in [-0.2, 0) is 17.8 Å². The van der Waals surface area contributed by atoms with Gasteiger partial charge in [-0.1, -0.05) is 24.3 Å². The minimum Gasteiger partial charge on any atom is -0.491 e. The number of hydrogen-bond acceptors (Lipinski definition) is 4. The predicted molar refractivity (Wildman–Crippen MR) is 112 cm³/mol. The smallest absolute Gasteiger partial charge is 0.126 e. The molecule has 1 aromatic heterocycles. The minimum absolute atomic E-state index is 0.169. The average Bonchev–Trinajstić information content (AvgIpc) is 3.38. The van der Waals surface area contributed by atoms with Crippen molar-refractivity contribution in [1.29, 1.82) is 0 Å². The fraction of sp³-hybridized carbons (Fsp3) is 0.435. The number of hydrogen-bond donors (Lipinski definition) is 1.